The fraction of sp³-hybridized carbons (Fsp3) is 0.533. The predicted molar refractivity (Wildman–Crippen MR) is 76.9 cm³/mol. The molecule has 0 amide bonds. The zero-order valence-corrected chi connectivity index (χ0v) is 11.4. The fourth-order valence-electron chi connectivity index (χ4n) is 2.67. The molecule has 1 saturated carbocycles. The number of aromatic nitrogens is 2. The number of nitrogen functional groups attached to an aromatic ring is 1. The zero-order chi connectivity index (χ0) is 13.5. The van der Waals surface area contributed by atoms with Crippen molar-refractivity contribution in [3.8, 4) is 0 Å². The first-order chi connectivity index (χ1) is 9.17. The third-order valence-electron chi connectivity index (χ3n) is 4.11. The molecule has 1 heterocycles. The van der Waals surface area contributed by atoms with Crippen LogP contribution < -0.4 is 5.73 Å². The Labute approximate surface area is 113 Å². The Morgan fingerprint density at radius 3 is 2.84 bits per heavy atom. The molecule has 2 aromatic rings. The Morgan fingerprint density at radius 1 is 1.42 bits per heavy atom. The number of benzene rings is 1. The van der Waals surface area contributed by atoms with Crippen LogP contribution in [0.4, 0.5) is 5.69 Å². The first-order valence-corrected chi connectivity index (χ1v) is 7.03. The lowest BCUT2D eigenvalue weighted by Crippen LogP contribution is -2.17. The van der Waals surface area contributed by atoms with Crippen LogP contribution in [-0.2, 0) is 13.0 Å². The van der Waals surface area contributed by atoms with Crippen molar-refractivity contribution in [2.24, 2.45) is 5.41 Å². The number of hydrogen-bond acceptors (Lipinski definition) is 3. The number of anilines is 1. The lowest BCUT2D eigenvalue weighted by Gasteiger charge is -2.15. The van der Waals surface area contributed by atoms with Crippen molar-refractivity contribution in [3.05, 3.63) is 24.0 Å². The lowest BCUT2D eigenvalue weighted by molar-refractivity contribution is 0.195. The molecule has 0 spiro atoms. The normalized spacial score (nSPS) is 16.9. The lowest BCUT2D eigenvalue weighted by atomic mass is 10.1. The van der Waals surface area contributed by atoms with Crippen LogP contribution in [-0.4, -0.2) is 21.3 Å². The summed E-state index contributed by atoms with van der Waals surface area (Å²) in [5.41, 5.74) is 8.79. The van der Waals surface area contributed by atoms with Gasteiger partial charge in [-0.05, 0) is 37.5 Å². The summed E-state index contributed by atoms with van der Waals surface area (Å²) in [5.74, 6) is 1.11. The van der Waals surface area contributed by atoms with Gasteiger partial charge in [-0.15, -0.1) is 0 Å². The SMILES string of the molecule is CCCc1nc2cc(N)ccc2n1CC1(CO)CC1. The Balaban J connectivity index is 2.06. The van der Waals surface area contributed by atoms with Crippen LogP contribution in [0, 0.1) is 5.41 Å². The summed E-state index contributed by atoms with van der Waals surface area (Å²) in [5, 5.41) is 9.54. The molecule has 4 nitrogen and oxygen atoms in total. The van der Waals surface area contributed by atoms with Gasteiger partial charge in [0.15, 0.2) is 0 Å². The highest BCUT2D eigenvalue weighted by Crippen LogP contribution is 2.47. The monoisotopic (exact) mass is 259 g/mol. The van der Waals surface area contributed by atoms with Gasteiger partial charge < -0.3 is 15.4 Å². The van der Waals surface area contributed by atoms with Crippen LogP contribution in [0.3, 0.4) is 0 Å². The molecule has 102 valence electrons. The van der Waals surface area contributed by atoms with E-state index in [2.05, 4.69) is 11.5 Å². The molecular weight excluding hydrogens is 238 g/mol. The van der Waals surface area contributed by atoms with Gasteiger partial charge in [0, 0.05) is 24.1 Å². The second kappa shape index (κ2) is 4.53. The number of nitrogens with zero attached hydrogens (tertiary/aromatic N) is 2. The average Bonchev–Trinajstić information content (AvgIpc) is 3.10. The Kier molecular flexibility index (Phi) is 2.97. The predicted octanol–water partition coefficient (Wildman–Crippen LogP) is 2.34. The van der Waals surface area contributed by atoms with Crippen LogP contribution >= 0.6 is 0 Å². The largest absolute Gasteiger partial charge is 0.399 e. The summed E-state index contributed by atoms with van der Waals surface area (Å²) in [6.07, 6.45) is 4.27. The number of hydrogen-bond donors (Lipinski definition) is 2. The van der Waals surface area contributed by atoms with E-state index in [1.54, 1.807) is 0 Å². The van der Waals surface area contributed by atoms with Crippen LogP contribution in [0.25, 0.3) is 11.0 Å². The van der Waals surface area contributed by atoms with Gasteiger partial charge in [-0.3, -0.25) is 0 Å². The van der Waals surface area contributed by atoms with E-state index in [0.29, 0.717) is 0 Å². The molecule has 1 aromatic carbocycles. The van der Waals surface area contributed by atoms with Crippen molar-refractivity contribution in [3.63, 3.8) is 0 Å². The van der Waals surface area contributed by atoms with Crippen LogP contribution in [0.5, 0.6) is 0 Å². The Bertz CT molecular complexity index is 599. The van der Waals surface area contributed by atoms with E-state index in [4.69, 9.17) is 10.7 Å². The molecule has 1 fully saturated rings. The molecule has 0 unspecified atom stereocenters. The van der Waals surface area contributed by atoms with E-state index < -0.39 is 0 Å². The number of aliphatic hydroxyl groups is 1. The number of fused-ring (bicyclic) bond motifs is 1. The number of nitrogens with two attached hydrogens (primary N) is 1. The summed E-state index contributed by atoms with van der Waals surface area (Å²) in [4.78, 5) is 4.71. The minimum absolute atomic E-state index is 0.0947. The Hall–Kier alpha value is -1.55. The van der Waals surface area contributed by atoms with Crippen molar-refractivity contribution in [1.29, 1.82) is 0 Å². The number of imidazole rings is 1. The van der Waals surface area contributed by atoms with E-state index >= 15 is 0 Å². The second-order valence-electron chi connectivity index (χ2n) is 5.77. The smallest absolute Gasteiger partial charge is 0.109 e. The first kappa shape index (κ1) is 12.5. The highest BCUT2D eigenvalue weighted by Gasteiger charge is 2.42. The maximum absolute atomic E-state index is 9.54. The summed E-state index contributed by atoms with van der Waals surface area (Å²) in [6, 6.07) is 5.91. The average molecular weight is 259 g/mol. The van der Waals surface area contributed by atoms with Crippen LogP contribution in [0.1, 0.15) is 32.0 Å². The third-order valence-corrected chi connectivity index (χ3v) is 4.11. The quantitative estimate of drug-likeness (QED) is 0.810. The molecule has 4 heteroatoms. The maximum atomic E-state index is 9.54. The minimum atomic E-state index is 0.0947. The highest BCUT2D eigenvalue weighted by atomic mass is 16.3. The molecule has 1 aliphatic rings. The van der Waals surface area contributed by atoms with E-state index in [0.717, 1.165) is 54.8 Å². The molecule has 0 saturated heterocycles. The van der Waals surface area contributed by atoms with E-state index in [9.17, 15) is 5.11 Å². The molecule has 0 atom stereocenters. The van der Waals surface area contributed by atoms with E-state index in [1.807, 2.05) is 18.2 Å². The Morgan fingerprint density at radius 2 is 2.21 bits per heavy atom. The summed E-state index contributed by atoms with van der Waals surface area (Å²) in [7, 11) is 0. The standard InChI is InChI=1S/C15H21N3O/c1-2-3-14-17-12-8-11(16)4-5-13(12)18(14)9-15(10-19)6-7-15/h4-5,8,19H,2-3,6-7,9-10,16H2,1H3. The van der Waals surface area contributed by atoms with Crippen molar-refractivity contribution in [2.45, 2.75) is 39.2 Å². The molecule has 0 radical (unpaired) electrons. The van der Waals surface area contributed by atoms with Gasteiger partial charge in [-0.25, -0.2) is 4.98 Å². The topological polar surface area (TPSA) is 64.1 Å². The number of aliphatic hydroxyl groups excluding tert-OH is 1. The van der Waals surface area contributed by atoms with Crippen LogP contribution in [0.2, 0.25) is 0 Å². The van der Waals surface area contributed by atoms with Gasteiger partial charge in [-0.2, -0.15) is 0 Å². The van der Waals surface area contributed by atoms with E-state index in [-0.39, 0.29) is 12.0 Å². The van der Waals surface area contributed by atoms with Crippen molar-refractivity contribution < 1.29 is 5.11 Å². The molecule has 1 aliphatic carbocycles. The molecule has 19 heavy (non-hydrogen) atoms. The van der Waals surface area contributed by atoms with Gasteiger partial charge in [0.1, 0.15) is 5.82 Å². The molecule has 0 bridgehead atoms. The van der Waals surface area contributed by atoms with Crippen LogP contribution in [0.15, 0.2) is 18.2 Å². The molecule has 3 N–H and O–H groups in total. The van der Waals surface area contributed by atoms with Gasteiger partial charge in [0.2, 0.25) is 0 Å². The number of rotatable bonds is 5. The maximum Gasteiger partial charge on any atom is 0.109 e. The van der Waals surface area contributed by atoms with Gasteiger partial charge in [0.05, 0.1) is 17.6 Å². The van der Waals surface area contributed by atoms with E-state index in [1.165, 1.54) is 0 Å². The molecule has 0 aliphatic heterocycles. The third kappa shape index (κ3) is 2.21. The first-order valence-electron chi connectivity index (χ1n) is 7.03. The minimum Gasteiger partial charge on any atom is -0.399 e. The van der Waals surface area contributed by atoms with Crippen molar-refractivity contribution in [2.75, 3.05) is 12.3 Å². The molecule has 1 aromatic heterocycles. The second-order valence-corrected chi connectivity index (χ2v) is 5.77. The van der Waals surface area contributed by atoms with Crippen molar-refractivity contribution >= 4 is 16.7 Å². The van der Waals surface area contributed by atoms with Gasteiger partial charge in [-0.1, -0.05) is 6.92 Å². The number of aryl methyl sites for hydroxylation is 1. The van der Waals surface area contributed by atoms with Gasteiger partial charge >= 0.3 is 0 Å². The molecular formula is C15H21N3O. The zero-order valence-electron chi connectivity index (χ0n) is 11.4. The fourth-order valence-corrected chi connectivity index (χ4v) is 2.67. The van der Waals surface area contributed by atoms with Gasteiger partial charge in [0.25, 0.3) is 0 Å². The highest BCUT2D eigenvalue weighted by molar-refractivity contribution is 5.79. The molecule has 3 rings (SSSR count). The van der Waals surface area contributed by atoms with Crippen molar-refractivity contribution in [1.82, 2.24) is 9.55 Å². The summed E-state index contributed by atoms with van der Waals surface area (Å²) < 4.78 is 2.28. The summed E-state index contributed by atoms with van der Waals surface area (Å²) >= 11 is 0. The summed E-state index contributed by atoms with van der Waals surface area (Å²) in [6.45, 7) is 3.31.